The van der Waals surface area contributed by atoms with Crippen molar-refractivity contribution in [1.82, 2.24) is 9.80 Å². The third-order valence-corrected chi connectivity index (χ3v) is 5.39. The second-order valence-corrected chi connectivity index (χ2v) is 7.01. The molecule has 0 bridgehead atoms. The maximum absolute atomic E-state index is 6.47. The van der Waals surface area contributed by atoms with Crippen LogP contribution in [0.5, 0.6) is 0 Å². The van der Waals surface area contributed by atoms with Crippen molar-refractivity contribution in [2.24, 2.45) is 11.7 Å². The summed E-state index contributed by atoms with van der Waals surface area (Å²) in [6.07, 6.45) is 2.76. The molecule has 0 spiro atoms. The van der Waals surface area contributed by atoms with Crippen LogP contribution in [-0.2, 0) is 0 Å². The fourth-order valence-electron chi connectivity index (χ4n) is 3.99. The first-order chi connectivity index (χ1) is 10.1. The number of nitrogens with two attached hydrogens (primary N) is 1. The fourth-order valence-corrected chi connectivity index (χ4v) is 3.99. The maximum Gasteiger partial charge on any atom is 0.0333 e. The van der Waals surface area contributed by atoms with Gasteiger partial charge in [-0.1, -0.05) is 37.3 Å². The molecule has 0 aromatic heterocycles. The Bertz CT molecular complexity index is 447. The second-order valence-electron chi connectivity index (χ2n) is 7.01. The third kappa shape index (κ3) is 3.31. The summed E-state index contributed by atoms with van der Waals surface area (Å²) in [6.45, 7) is 9.55. The van der Waals surface area contributed by atoms with Gasteiger partial charge in [0.1, 0.15) is 0 Å². The predicted molar refractivity (Wildman–Crippen MR) is 88.2 cm³/mol. The predicted octanol–water partition coefficient (Wildman–Crippen LogP) is 2.49. The van der Waals surface area contributed by atoms with Crippen molar-refractivity contribution < 1.29 is 0 Å². The van der Waals surface area contributed by atoms with E-state index in [0.717, 1.165) is 12.6 Å². The van der Waals surface area contributed by atoms with Crippen molar-refractivity contribution in [3.05, 3.63) is 35.9 Å². The zero-order chi connectivity index (χ0) is 14.8. The summed E-state index contributed by atoms with van der Waals surface area (Å²) in [5.41, 5.74) is 7.73. The highest BCUT2D eigenvalue weighted by molar-refractivity contribution is 5.19. The van der Waals surface area contributed by atoms with E-state index in [-0.39, 0.29) is 6.04 Å². The number of nitrogens with zero attached hydrogens (tertiary/aromatic N) is 2. The van der Waals surface area contributed by atoms with E-state index in [9.17, 15) is 0 Å². The summed E-state index contributed by atoms with van der Waals surface area (Å²) in [5, 5.41) is 0. The molecular weight excluding hydrogens is 258 g/mol. The van der Waals surface area contributed by atoms with Gasteiger partial charge in [-0.15, -0.1) is 0 Å². The Morgan fingerprint density at radius 2 is 2.00 bits per heavy atom. The summed E-state index contributed by atoms with van der Waals surface area (Å²) < 4.78 is 0. The molecule has 0 radical (unpaired) electrons. The minimum absolute atomic E-state index is 0.139. The highest BCUT2D eigenvalue weighted by Crippen LogP contribution is 2.27. The van der Waals surface area contributed by atoms with Crippen LogP contribution in [0.2, 0.25) is 0 Å². The zero-order valence-electron chi connectivity index (χ0n) is 13.4. The van der Waals surface area contributed by atoms with Crippen LogP contribution < -0.4 is 5.73 Å². The van der Waals surface area contributed by atoms with E-state index >= 15 is 0 Å². The van der Waals surface area contributed by atoms with E-state index in [4.69, 9.17) is 5.73 Å². The lowest BCUT2D eigenvalue weighted by atomic mass is 9.94. The topological polar surface area (TPSA) is 32.5 Å². The van der Waals surface area contributed by atoms with Gasteiger partial charge >= 0.3 is 0 Å². The van der Waals surface area contributed by atoms with E-state index in [2.05, 4.69) is 54.0 Å². The molecule has 4 unspecified atom stereocenters. The van der Waals surface area contributed by atoms with E-state index < -0.39 is 0 Å². The number of hydrogen-bond donors (Lipinski definition) is 1. The van der Waals surface area contributed by atoms with Gasteiger partial charge in [-0.3, -0.25) is 9.80 Å². The molecule has 1 aromatic rings. The Morgan fingerprint density at radius 1 is 1.24 bits per heavy atom. The Balaban J connectivity index is 1.60. The van der Waals surface area contributed by atoms with Gasteiger partial charge in [0.25, 0.3) is 0 Å². The Kier molecular flexibility index (Phi) is 4.63. The van der Waals surface area contributed by atoms with Crippen LogP contribution in [0.3, 0.4) is 0 Å². The van der Waals surface area contributed by atoms with Gasteiger partial charge < -0.3 is 5.73 Å². The lowest BCUT2D eigenvalue weighted by Crippen LogP contribution is -2.56. The molecule has 0 aliphatic carbocycles. The van der Waals surface area contributed by atoms with Gasteiger partial charge in [0.05, 0.1) is 0 Å². The van der Waals surface area contributed by atoms with Gasteiger partial charge in [-0.05, 0) is 37.8 Å². The highest BCUT2D eigenvalue weighted by atomic mass is 15.3. The number of rotatable bonds is 4. The van der Waals surface area contributed by atoms with Crippen molar-refractivity contribution in [2.45, 2.75) is 44.8 Å². The van der Waals surface area contributed by atoms with Crippen molar-refractivity contribution in [2.75, 3.05) is 26.2 Å². The minimum Gasteiger partial charge on any atom is -0.324 e. The summed E-state index contributed by atoms with van der Waals surface area (Å²) in [4.78, 5) is 5.35. The molecule has 2 aliphatic heterocycles. The smallest absolute Gasteiger partial charge is 0.0333 e. The lowest BCUT2D eigenvalue weighted by Gasteiger charge is -2.43. The fraction of sp³-hybridized carbons (Fsp3) is 0.667. The SMILES string of the molecule is CC(CN1CC2CCCN2CC1C)C(N)c1ccccc1. The molecule has 2 N–H and O–H groups in total. The van der Waals surface area contributed by atoms with Gasteiger partial charge in [-0.25, -0.2) is 0 Å². The molecule has 3 nitrogen and oxygen atoms in total. The number of fused-ring (bicyclic) bond motifs is 1. The molecule has 3 rings (SSSR count). The Labute approximate surface area is 129 Å². The average molecular weight is 287 g/mol. The van der Waals surface area contributed by atoms with Crippen LogP contribution in [0, 0.1) is 5.92 Å². The quantitative estimate of drug-likeness (QED) is 0.923. The Hall–Kier alpha value is -0.900. The highest BCUT2D eigenvalue weighted by Gasteiger charge is 2.35. The average Bonchev–Trinajstić information content (AvgIpc) is 2.94. The summed E-state index contributed by atoms with van der Waals surface area (Å²) in [7, 11) is 0. The normalized spacial score (nSPS) is 30.0. The molecule has 3 heteroatoms. The molecule has 2 aliphatic rings. The summed E-state index contributed by atoms with van der Waals surface area (Å²) in [6, 6.07) is 12.1. The molecule has 2 saturated heterocycles. The first-order valence-electron chi connectivity index (χ1n) is 8.44. The molecule has 21 heavy (non-hydrogen) atoms. The molecular formula is C18H29N3. The molecule has 0 amide bonds. The van der Waals surface area contributed by atoms with Crippen molar-refractivity contribution >= 4 is 0 Å². The lowest BCUT2D eigenvalue weighted by molar-refractivity contribution is 0.0471. The standard InChI is InChI=1S/C18H29N3/c1-14(18(19)16-7-4-3-5-8-16)11-21-13-17-9-6-10-20(17)12-15(21)2/h3-5,7-8,14-15,17-18H,6,9-13,19H2,1-2H3. The number of hydrogen-bond acceptors (Lipinski definition) is 3. The van der Waals surface area contributed by atoms with Gasteiger partial charge in [0, 0.05) is 37.8 Å². The van der Waals surface area contributed by atoms with Gasteiger partial charge in [0.15, 0.2) is 0 Å². The molecule has 0 saturated carbocycles. The summed E-state index contributed by atoms with van der Waals surface area (Å²) >= 11 is 0. The molecule has 2 fully saturated rings. The first-order valence-corrected chi connectivity index (χ1v) is 8.44. The molecule has 2 heterocycles. The van der Waals surface area contributed by atoms with Crippen LogP contribution in [0.4, 0.5) is 0 Å². The number of benzene rings is 1. The zero-order valence-corrected chi connectivity index (χ0v) is 13.4. The van der Waals surface area contributed by atoms with Gasteiger partial charge in [-0.2, -0.15) is 0 Å². The van der Waals surface area contributed by atoms with E-state index in [1.807, 2.05) is 0 Å². The first kappa shape index (κ1) is 15.0. The molecule has 4 atom stereocenters. The van der Waals surface area contributed by atoms with Crippen LogP contribution in [-0.4, -0.2) is 48.1 Å². The number of piperazine rings is 1. The maximum atomic E-state index is 6.47. The van der Waals surface area contributed by atoms with Crippen molar-refractivity contribution in [1.29, 1.82) is 0 Å². The van der Waals surface area contributed by atoms with Gasteiger partial charge in [0.2, 0.25) is 0 Å². The largest absolute Gasteiger partial charge is 0.324 e. The van der Waals surface area contributed by atoms with Crippen molar-refractivity contribution in [3.8, 4) is 0 Å². The van der Waals surface area contributed by atoms with E-state index in [1.54, 1.807) is 0 Å². The Morgan fingerprint density at radius 3 is 2.76 bits per heavy atom. The van der Waals surface area contributed by atoms with Crippen LogP contribution in [0.1, 0.15) is 38.3 Å². The minimum atomic E-state index is 0.139. The van der Waals surface area contributed by atoms with E-state index in [1.165, 1.54) is 38.0 Å². The monoisotopic (exact) mass is 287 g/mol. The summed E-state index contributed by atoms with van der Waals surface area (Å²) in [5.74, 6) is 0.489. The molecule has 116 valence electrons. The molecule has 1 aromatic carbocycles. The van der Waals surface area contributed by atoms with Crippen LogP contribution >= 0.6 is 0 Å². The van der Waals surface area contributed by atoms with Crippen LogP contribution in [0.25, 0.3) is 0 Å². The third-order valence-electron chi connectivity index (χ3n) is 5.39. The second kappa shape index (κ2) is 6.47. The van der Waals surface area contributed by atoms with E-state index in [0.29, 0.717) is 12.0 Å². The van der Waals surface area contributed by atoms with Crippen molar-refractivity contribution in [3.63, 3.8) is 0 Å². The van der Waals surface area contributed by atoms with Crippen LogP contribution in [0.15, 0.2) is 30.3 Å².